The van der Waals surface area contributed by atoms with Crippen LogP contribution < -0.4 is 11.3 Å². The molecule has 1 aromatic rings. The van der Waals surface area contributed by atoms with E-state index in [1.807, 2.05) is 0 Å². The van der Waals surface area contributed by atoms with Crippen molar-refractivity contribution < 1.29 is 4.39 Å². The van der Waals surface area contributed by atoms with Crippen LogP contribution in [-0.2, 0) is 0 Å². The molecule has 100 valence electrons. The number of halogens is 2. The fraction of sp³-hybridized carbons (Fsp3) is 0.571. The van der Waals surface area contributed by atoms with Crippen LogP contribution in [0.25, 0.3) is 0 Å². The van der Waals surface area contributed by atoms with Crippen LogP contribution in [0.15, 0.2) is 18.2 Å². The van der Waals surface area contributed by atoms with Crippen LogP contribution in [0.4, 0.5) is 4.39 Å². The summed E-state index contributed by atoms with van der Waals surface area (Å²) in [6.07, 6.45) is 7.21. The SMILES string of the molecule is NNC(CC1CCCCC1)c1cc(Cl)ccc1F. The first-order chi connectivity index (χ1) is 8.70. The van der Waals surface area contributed by atoms with Gasteiger partial charge in [0.1, 0.15) is 5.82 Å². The number of hydrazine groups is 1. The first-order valence-electron chi connectivity index (χ1n) is 6.62. The summed E-state index contributed by atoms with van der Waals surface area (Å²) in [5, 5.41) is 0.551. The van der Waals surface area contributed by atoms with Crippen molar-refractivity contribution in [2.45, 2.75) is 44.6 Å². The van der Waals surface area contributed by atoms with E-state index in [1.54, 1.807) is 12.1 Å². The third kappa shape index (κ3) is 3.44. The van der Waals surface area contributed by atoms with Crippen molar-refractivity contribution in [3.8, 4) is 0 Å². The second-order valence-electron chi connectivity index (χ2n) is 5.12. The monoisotopic (exact) mass is 270 g/mol. The van der Waals surface area contributed by atoms with Crippen molar-refractivity contribution in [3.63, 3.8) is 0 Å². The highest BCUT2D eigenvalue weighted by Gasteiger charge is 2.21. The summed E-state index contributed by atoms with van der Waals surface area (Å²) in [4.78, 5) is 0. The number of hydrogen-bond donors (Lipinski definition) is 2. The molecule has 1 aliphatic carbocycles. The number of nitrogens with two attached hydrogens (primary N) is 1. The molecule has 1 fully saturated rings. The molecule has 2 nitrogen and oxygen atoms in total. The number of hydrogen-bond acceptors (Lipinski definition) is 2. The average Bonchev–Trinajstić information content (AvgIpc) is 2.40. The van der Waals surface area contributed by atoms with Gasteiger partial charge in [0.05, 0.1) is 0 Å². The van der Waals surface area contributed by atoms with Gasteiger partial charge in [-0.05, 0) is 30.5 Å². The Kier molecular flexibility index (Phi) is 4.98. The Labute approximate surface area is 113 Å². The Morgan fingerprint density at radius 1 is 1.33 bits per heavy atom. The van der Waals surface area contributed by atoms with Crippen LogP contribution in [-0.4, -0.2) is 0 Å². The molecule has 0 radical (unpaired) electrons. The normalized spacial score (nSPS) is 18.8. The van der Waals surface area contributed by atoms with Gasteiger partial charge in [0, 0.05) is 16.6 Å². The highest BCUT2D eigenvalue weighted by molar-refractivity contribution is 6.30. The van der Waals surface area contributed by atoms with Gasteiger partial charge in [-0.15, -0.1) is 0 Å². The molecule has 0 heterocycles. The lowest BCUT2D eigenvalue weighted by Gasteiger charge is -2.26. The maximum Gasteiger partial charge on any atom is 0.128 e. The maximum absolute atomic E-state index is 13.8. The zero-order chi connectivity index (χ0) is 13.0. The van der Waals surface area contributed by atoms with Gasteiger partial charge in [-0.1, -0.05) is 43.7 Å². The van der Waals surface area contributed by atoms with Crippen LogP contribution in [0.2, 0.25) is 5.02 Å². The summed E-state index contributed by atoms with van der Waals surface area (Å²) in [7, 11) is 0. The van der Waals surface area contributed by atoms with Crippen molar-refractivity contribution in [3.05, 3.63) is 34.6 Å². The van der Waals surface area contributed by atoms with E-state index < -0.39 is 0 Å². The molecule has 0 aromatic heterocycles. The molecule has 0 bridgehead atoms. The Morgan fingerprint density at radius 3 is 2.72 bits per heavy atom. The molecule has 3 N–H and O–H groups in total. The van der Waals surface area contributed by atoms with Gasteiger partial charge in [0.2, 0.25) is 0 Å². The molecule has 0 spiro atoms. The van der Waals surface area contributed by atoms with E-state index in [0.717, 1.165) is 6.42 Å². The summed E-state index contributed by atoms with van der Waals surface area (Å²) in [5.41, 5.74) is 3.31. The topological polar surface area (TPSA) is 38.0 Å². The fourth-order valence-electron chi connectivity index (χ4n) is 2.82. The highest BCUT2D eigenvalue weighted by Crippen LogP contribution is 2.33. The molecule has 1 aliphatic rings. The van der Waals surface area contributed by atoms with Crippen LogP contribution >= 0.6 is 11.6 Å². The van der Waals surface area contributed by atoms with Crippen molar-refractivity contribution in [1.29, 1.82) is 0 Å². The third-order valence-corrected chi connectivity index (χ3v) is 4.06. The molecular weight excluding hydrogens is 251 g/mol. The van der Waals surface area contributed by atoms with Gasteiger partial charge in [0.25, 0.3) is 0 Å². The number of benzene rings is 1. The summed E-state index contributed by atoms with van der Waals surface area (Å²) in [6, 6.07) is 4.49. The van der Waals surface area contributed by atoms with E-state index in [4.69, 9.17) is 17.4 Å². The van der Waals surface area contributed by atoms with Gasteiger partial charge in [-0.2, -0.15) is 0 Å². The molecule has 1 unspecified atom stereocenters. The lowest BCUT2D eigenvalue weighted by molar-refractivity contribution is 0.298. The van der Waals surface area contributed by atoms with E-state index in [2.05, 4.69) is 5.43 Å². The van der Waals surface area contributed by atoms with Crippen LogP contribution in [0.5, 0.6) is 0 Å². The lowest BCUT2D eigenvalue weighted by Crippen LogP contribution is -2.30. The predicted molar refractivity (Wildman–Crippen MR) is 72.7 cm³/mol. The Morgan fingerprint density at radius 2 is 2.06 bits per heavy atom. The number of nitrogens with one attached hydrogen (secondary N) is 1. The quantitative estimate of drug-likeness (QED) is 0.642. The second-order valence-corrected chi connectivity index (χ2v) is 5.56. The fourth-order valence-corrected chi connectivity index (χ4v) is 3.00. The van der Waals surface area contributed by atoms with Gasteiger partial charge in [-0.25, -0.2) is 4.39 Å². The first-order valence-corrected chi connectivity index (χ1v) is 6.99. The van der Waals surface area contributed by atoms with E-state index in [0.29, 0.717) is 16.5 Å². The molecule has 0 aliphatic heterocycles. The second kappa shape index (κ2) is 6.50. The highest BCUT2D eigenvalue weighted by atomic mass is 35.5. The van der Waals surface area contributed by atoms with Crippen molar-refractivity contribution >= 4 is 11.6 Å². The van der Waals surface area contributed by atoms with Gasteiger partial charge in [-0.3, -0.25) is 11.3 Å². The van der Waals surface area contributed by atoms with Crippen LogP contribution in [0.1, 0.15) is 50.1 Å². The zero-order valence-electron chi connectivity index (χ0n) is 10.5. The third-order valence-electron chi connectivity index (χ3n) is 3.83. The molecule has 4 heteroatoms. The largest absolute Gasteiger partial charge is 0.271 e. The molecule has 1 aromatic carbocycles. The van der Waals surface area contributed by atoms with E-state index >= 15 is 0 Å². The minimum absolute atomic E-state index is 0.146. The zero-order valence-corrected chi connectivity index (χ0v) is 11.2. The minimum Gasteiger partial charge on any atom is -0.271 e. The summed E-state index contributed by atoms with van der Waals surface area (Å²) in [6.45, 7) is 0. The maximum atomic E-state index is 13.8. The molecule has 1 atom stereocenters. The predicted octanol–water partition coefficient (Wildman–Crippen LogP) is 3.95. The lowest BCUT2D eigenvalue weighted by atomic mass is 9.83. The first kappa shape index (κ1) is 13.8. The van der Waals surface area contributed by atoms with Crippen molar-refractivity contribution in [1.82, 2.24) is 5.43 Å². The average molecular weight is 271 g/mol. The summed E-state index contributed by atoms with van der Waals surface area (Å²) >= 11 is 5.93. The van der Waals surface area contributed by atoms with Gasteiger partial charge >= 0.3 is 0 Å². The van der Waals surface area contributed by atoms with Crippen LogP contribution in [0.3, 0.4) is 0 Å². The van der Waals surface area contributed by atoms with E-state index in [9.17, 15) is 4.39 Å². The van der Waals surface area contributed by atoms with Gasteiger partial charge in [0.15, 0.2) is 0 Å². The van der Waals surface area contributed by atoms with Crippen LogP contribution in [0, 0.1) is 11.7 Å². The Hall–Kier alpha value is -0.640. The van der Waals surface area contributed by atoms with E-state index in [1.165, 1.54) is 38.2 Å². The molecular formula is C14H20ClFN2. The molecule has 2 rings (SSSR count). The molecule has 18 heavy (non-hydrogen) atoms. The van der Waals surface area contributed by atoms with Gasteiger partial charge < -0.3 is 0 Å². The summed E-state index contributed by atoms with van der Waals surface area (Å²) < 4.78 is 13.8. The van der Waals surface area contributed by atoms with Crippen molar-refractivity contribution in [2.75, 3.05) is 0 Å². The van der Waals surface area contributed by atoms with Crippen molar-refractivity contribution in [2.24, 2.45) is 11.8 Å². The van der Waals surface area contributed by atoms with E-state index in [-0.39, 0.29) is 11.9 Å². The molecule has 1 saturated carbocycles. The number of rotatable bonds is 4. The smallest absolute Gasteiger partial charge is 0.128 e. The summed E-state index contributed by atoms with van der Waals surface area (Å²) in [5.74, 6) is 5.98. The minimum atomic E-state index is -0.238. The Balaban J connectivity index is 2.09. The Bertz CT molecular complexity index is 391. The standard InChI is InChI=1S/C14H20ClFN2/c15-11-6-7-13(16)12(9-11)14(18-17)8-10-4-2-1-3-5-10/h6-7,9-10,14,18H,1-5,8,17H2. The molecule has 0 amide bonds. The molecule has 0 saturated heterocycles.